The lowest BCUT2D eigenvalue weighted by Crippen LogP contribution is -2.26. The molecule has 28 heavy (non-hydrogen) atoms. The van der Waals surface area contributed by atoms with Crippen molar-refractivity contribution < 1.29 is 23.8 Å². The zero-order valence-electron chi connectivity index (χ0n) is 14.8. The second-order valence-electron chi connectivity index (χ2n) is 6.05. The van der Waals surface area contributed by atoms with Crippen LogP contribution in [0.1, 0.15) is 27.6 Å². The molecule has 0 saturated carbocycles. The van der Waals surface area contributed by atoms with Crippen LogP contribution in [0.25, 0.3) is 0 Å². The van der Waals surface area contributed by atoms with Crippen molar-refractivity contribution in [3.63, 3.8) is 0 Å². The van der Waals surface area contributed by atoms with Crippen molar-refractivity contribution in [2.45, 2.75) is 12.7 Å². The van der Waals surface area contributed by atoms with E-state index in [0.29, 0.717) is 16.8 Å². The van der Waals surface area contributed by atoms with Gasteiger partial charge in [-0.05, 0) is 42.0 Å². The van der Waals surface area contributed by atoms with Crippen LogP contribution in [0, 0.1) is 5.82 Å². The maximum Gasteiger partial charge on any atom is 0.339 e. The number of aliphatic hydroxyl groups is 1. The largest absolute Gasteiger partial charge is 0.444 e. The summed E-state index contributed by atoms with van der Waals surface area (Å²) in [6, 6.07) is 20.1. The van der Waals surface area contributed by atoms with Gasteiger partial charge in [0.05, 0.1) is 12.2 Å². The molecule has 0 bridgehead atoms. The second-order valence-corrected chi connectivity index (χ2v) is 6.05. The minimum atomic E-state index is -1.18. The summed E-state index contributed by atoms with van der Waals surface area (Å²) < 4.78 is 18.5. The number of hydrogen-bond donors (Lipinski definition) is 2. The van der Waals surface area contributed by atoms with Gasteiger partial charge in [0.15, 0.2) is 0 Å². The van der Waals surface area contributed by atoms with Gasteiger partial charge in [-0.15, -0.1) is 0 Å². The molecule has 0 aliphatic heterocycles. The van der Waals surface area contributed by atoms with Crippen molar-refractivity contribution in [1.82, 2.24) is 0 Å². The fraction of sp³-hybridized carbons (Fsp3) is 0.0909. The Bertz CT molecular complexity index is 941. The molecule has 142 valence electrons. The van der Waals surface area contributed by atoms with Crippen LogP contribution in [-0.2, 0) is 16.1 Å². The van der Waals surface area contributed by atoms with Crippen molar-refractivity contribution in [3.05, 3.63) is 101 Å². The molecule has 2 N–H and O–H groups in total. The van der Waals surface area contributed by atoms with Gasteiger partial charge < -0.3 is 15.2 Å². The van der Waals surface area contributed by atoms with E-state index in [9.17, 15) is 14.0 Å². The summed E-state index contributed by atoms with van der Waals surface area (Å²) in [6.45, 7) is -0.137. The number of amides is 1. The Hall–Kier alpha value is -3.51. The smallest absolute Gasteiger partial charge is 0.339 e. The van der Waals surface area contributed by atoms with Crippen LogP contribution in [0.5, 0.6) is 0 Å². The number of benzene rings is 3. The van der Waals surface area contributed by atoms with E-state index in [2.05, 4.69) is 5.32 Å². The molecule has 6 heteroatoms. The van der Waals surface area contributed by atoms with E-state index in [-0.39, 0.29) is 12.2 Å². The zero-order chi connectivity index (χ0) is 19.9. The van der Waals surface area contributed by atoms with Crippen LogP contribution in [0.2, 0.25) is 0 Å². The van der Waals surface area contributed by atoms with Gasteiger partial charge in [-0.25, -0.2) is 9.18 Å². The number of carbonyl (C=O) groups is 2. The van der Waals surface area contributed by atoms with Crippen molar-refractivity contribution in [2.24, 2.45) is 0 Å². The average Bonchev–Trinajstić information content (AvgIpc) is 2.74. The molecule has 0 radical (unpaired) electrons. The summed E-state index contributed by atoms with van der Waals surface area (Å²) in [5, 5.41) is 11.7. The first-order valence-electron chi connectivity index (χ1n) is 8.59. The number of carbonyl (C=O) groups excluding carboxylic acids is 2. The quantitative estimate of drug-likeness (QED) is 0.638. The van der Waals surface area contributed by atoms with Gasteiger partial charge in [-0.1, -0.05) is 42.5 Å². The van der Waals surface area contributed by atoms with E-state index >= 15 is 0 Å². The normalized spacial score (nSPS) is 11.5. The van der Waals surface area contributed by atoms with Gasteiger partial charge >= 0.3 is 5.97 Å². The molecule has 0 aromatic heterocycles. The molecule has 0 heterocycles. The zero-order valence-corrected chi connectivity index (χ0v) is 14.8. The molecule has 3 aromatic carbocycles. The van der Waals surface area contributed by atoms with Crippen molar-refractivity contribution in [2.75, 3.05) is 5.32 Å². The molecule has 1 atom stereocenters. The fourth-order valence-corrected chi connectivity index (χ4v) is 2.56. The Kier molecular flexibility index (Phi) is 6.14. The Balaban J connectivity index is 1.81. The fourth-order valence-electron chi connectivity index (χ4n) is 2.56. The Morgan fingerprint density at radius 1 is 0.929 bits per heavy atom. The molecular weight excluding hydrogens is 361 g/mol. The van der Waals surface area contributed by atoms with E-state index in [1.165, 1.54) is 36.4 Å². The molecule has 1 amide bonds. The first-order chi connectivity index (χ1) is 13.6. The number of rotatable bonds is 6. The third-order valence-electron chi connectivity index (χ3n) is 4.05. The number of ether oxygens (including phenoxy) is 1. The topological polar surface area (TPSA) is 75.6 Å². The van der Waals surface area contributed by atoms with Gasteiger partial charge in [0.25, 0.3) is 5.91 Å². The molecule has 5 nitrogen and oxygen atoms in total. The highest BCUT2D eigenvalue weighted by Crippen LogP contribution is 2.22. The molecule has 0 unspecified atom stereocenters. The number of esters is 1. The number of aliphatic hydroxyl groups excluding tert-OH is 1. The molecule has 3 rings (SSSR count). The van der Waals surface area contributed by atoms with E-state index in [1.54, 1.807) is 42.5 Å². The molecule has 0 aliphatic rings. The molecule has 0 saturated heterocycles. The SMILES string of the molecule is O=C(O[C@@H](C(=O)Nc1ccc(F)cc1)c1ccccc1)c1ccc(CO)cc1. The summed E-state index contributed by atoms with van der Waals surface area (Å²) in [6.07, 6.45) is -1.18. The summed E-state index contributed by atoms with van der Waals surface area (Å²) in [7, 11) is 0. The maximum absolute atomic E-state index is 13.1. The van der Waals surface area contributed by atoms with Crippen molar-refractivity contribution in [1.29, 1.82) is 0 Å². The van der Waals surface area contributed by atoms with Gasteiger partial charge in [-0.2, -0.15) is 0 Å². The monoisotopic (exact) mass is 379 g/mol. The third-order valence-corrected chi connectivity index (χ3v) is 4.05. The summed E-state index contributed by atoms with van der Waals surface area (Å²) >= 11 is 0. The van der Waals surface area contributed by atoms with Crippen LogP contribution in [-0.4, -0.2) is 17.0 Å². The Morgan fingerprint density at radius 2 is 1.57 bits per heavy atom. The number of nitrogens with one attached hydrogen (secondary N) is 1. The highest BCUT2D eigenvalue weighted by molar-refractivity contribution is 5.98. The highest BCUT2D eigenvalue weighted by atomic mass is 19.1. The molecule has 0 fully saturated rings. The number of anilines is 1. The van der Waals surface area contributed by atoms with E-state index < -0.39 is 23.8 Å². The standard InChI is InChI=1S/C22H18FNO4/c23-18-10-12-19(13-11-18)24-21(26)20(16-4-2-1-3-5-16)28-22(27)17-8-6-15(14-25)7-9-17/h1-13,20,25H,14H2,(H,24,26)/t20-/m1/s1. The first kappa shape index (κ1) is 19.3. The lowest BCUT2D eigenvalue weighted by atomic mass is 10.1. The molecular formula is C22H18FNO4. The Morgan fingerprint density at radius 3 is 2.18 bits per heavy atom. The highest BCUT2D eigenvalue weighted by Gasteiger charge is 2.25. The van der Waals surface area contributed by atoms with E-state index in [1.807, 2.05) is 0 Å². The minimum absolute atomic E-state index is 0.137. The Labute approximate surface area is 161 Å². The van der Waals surface area contributed by atoms with Gasteiger partial charge in [0.2, 0.25) is 6.10 Å². The van der Waals surface area contributed by atoms with Crippen molar-refractivity contribution in [3.8, 4) is 0 Å². The van der Waals surface area contributed by atoms with Crippen molar-refractivity contribution >= 4 is 17.6 Å². The molecule has 0 spiro atoms. The van der Waals surface area contributed by atoms with E-state index in [4.69, 9.17) is 9.84 Å². The lowest BCUT2D eigenvalue weighted by Gasteiger charge is -2.18. The van der Waals surface area contributed by atoms with Crippen LogP contribution < -0.4 is 5.32 Å². The summed E-state index contributed by atoms with van der Waals surface area (Å²) in [5.74, 6) is -1.65. The van der Waals surface area contributed by atoms with Crippen LogP contribution in [0.4, 0.5) is 10.1 Å². The second kappa shape index (κ2) is 8.92. The van der Waals surface area contributed by atoms with Gasteiger partial charge in [-0.3, -0.25) is 4.79 Å². The van der Waals surface area contributed by atoms with Crippen LogP contribution in [0.15, 0.2) is 78.9 Å². The maximum atomic E-state index is 13.1. The van der Waals surface area contributed by atoms with E-state index in [0.717, 1.165) is 0 Å². The predicted octanol–water partition coefficient (Wildman–Crippen LogP) is 3.85. The van der Waals surface area contributed by atoms with Crippen LogP contribution >= 0.6 is 0 Å². The lowest BCUT2D eigenvalue weighted by molar-refractivity contribution is -0.125. The average molecular weight is 379 g/mol. The predicted molar refractivity (Wildman–Crippen MR) is 102 cm³/mol. The minimum Gasteiger partial charge on any atom is -0.444 e. The number of hydrogen-bond acceptors (Lipinski definition) is 4. The summed E-state index contributed by atoms with van der Waals surface area (Å²) in [5.41, 5.74) is 1.80. The van der Waals surface area contributed by atoms with Gasteiger partial charge in [0.1, 0.15) is 5.82 Å². The third kappa shape index (κ3) is 4.81. The molecule has 0 aliphatic carbocycles. The van der Waals surface area contributed by atoms with Gasteiger partial charge in [0, 0.05) is 11.3 Å². The first-order valence-corrected chi connectivity index (χ1v) is 8.59. The van der Waals surface area contributed by atoms with Crippen LogP contribution in [0.3, 0.4) is 0 Å². The summed E-state index contributed by atoms with van der Waals surface area (Å²) in [4.78, 5) is 25.3. The molecule has 3 aromatic rings. The number of halogens is 1.